The first kappa shape index (κ1) is 6.99. The van der Waals surface area contributed by atoms with Crippen molar-refractivity contribution in [3.63, 3.8) is 0 Å². The van der Waals surface area contributed by atoms with Gasteiger partial charge in [0.15, 0.2) is 0 Å². The van der Waals surface area contributed by atoms with Gasteiger partial charge < -0.3 is 5.32 Å². The predicted molar refractivity (Wildman–Crippen MR) is 49.6 cm³/mol. The molecule has 0 spiro atoms. The minimum atomic E-state index is 0.825. The molecule has 4 atom stereocenters. The Morgan fingerprint density at radius 2 is 2.08 bits per heavy atom. The molecular formula is C11H17N. The van der Waals surface area contributed by atoms with Crippen molar-refractivity contribution < 1.29 is 0 Å². The average molecular weight is 163 g/mol. The maximum absolute atomic E-state index is 3.55. The fourth-order valence-electron chi connectivity index (χ4n) is 3.55. The van der Waals surface area contributed by atoms with Crippen LogP contribution in [0.2, 0.25) is 0 Å². The lowest BCUT2D eigenvalue weighted by atomic mass is 9.73. The van der Waals surface area contributed by atoms with Crippen molar-refractivity contribution >= 4 is 0 Å². The zero-order valence-electron chi connectivity index (χ0n) is 7.50. The maximum atomic E-state index is 3.55. The molecule has 1 heteroatoms. The molecule has 0 saturated heterocycles. The van der Waals surface area contributed by atoms with Crippen LogP contribution >= 0.6 is 0 Å². The Balaban J connectivity index is 1.83. The van der Waals surface area contributed by atoms with Crippen LogP contribution < -0.4 is 5.32 Å². The van der Waals surface area contributed by atoms with Crippen LogP contribution in [0.3, 0.4) is 0 Å². The third-order valence-corrected chi connectivity index (χ3v) is 4.14. The summed E-state index contributed by atoms with van der Waals surface area (Å²) in [5, 5.41) is 3.55. The van der Waals surface area contributed by atoms with Gasteiger partial charge in [0.05, 0.1) is 0 Å². The van der Waals surface area contributed by atoms with Gasteiger partial charge in [-0.15, -0.1) is 0 Å². The first-order valence-electron chi connectivity index (χ1n) is 5.38. The highest BCUT2D eigenvalue weighted by atomic mass is 14.9. The normalized spacial score (nSPS) is 50.0. The van der Waals surface area contributed by atoms with Crippen LogP contribution in [0.15, 0.2) is 12.3 Å². The lowest BCUT2D eigenvalue weighted by Crippen LogP contribution is -2.40. The molecule has 1 N–H and O–H groups in total. The minimum Gasteiger partial charge on any atom is -0.388 e. The summed E-state index contributed by atoms with van der Waals surface area (Å²) in [5.74, 6) is 2.96. The molecule has 0 aromatic heterocycles. The molecule has 66 valence electrons. The molecule has 1 nitrogen and oxygen atoms in total. The Kier molecular flexibility index (Phi) is 1.46. The van der Waals surface area contributed by atoms with Gasteiger partial charge in [-0.2, -0.15) is 0 Å². The molecule has 1 aliphatic heterocycles. The Labute approximate surface area is 74.2 Å². The minimum absolute atomic E-state index is 0.825. The van der Waals surface area contributed by atoms with Crippen LogP contribution in [0.1, 0.15) is 32.1 Å². The number of hydrogen-bond donors (Lipinski definition) is 1. The predicted octanol–water partition coefficient (Wildman–Crippen LogP) is 2.30. The van der Waals surface area contributed by atoms with Crippen LogP contribution in [-0.2, 0) is 0 Å². The SMILES string of the molecule is C1=CC2CCC3CCCC3C2N1. The largest absolute Gasteiger partial charge is 0.388 e. The maximum Gasteiger partial charge on any atom is 0.0349 e. The standard InChI is InChI=1S/C11H17N/c1-2-8-4-5-9-6-7-12-11(9)10(8)3-1/h6-12H,1-5H2. The Morgan fingerprint density at radius 1 is 1.08 bits per heavy atom. The zero-order chi connectivity index (χ0) is 7.97. The van der Waals surface area contributed by atoms with Crippen molar-refractivity contribution in [2.75, 3.05) is 0 Å². The Morgan fingerprint density at radius 3 is 3.08 bits per heavy atom. The lowest BCUT2D eigenvalue weighted by Gasteiger charge is -2.36. The van der Waals surface area contributed by atoms with E-state index in [4.69, 9.17) is 0 Å². The molecule has 0 amide bonds. The van der Waals surface area contributed by atoms with Gasteiger partial charge in [0, 0.05) is 6.04 Å². The second-order valence-electron chi connectivity index (χ2n) is 4.65. The van der Waals surface area contributed by atoms with E-state index in [1.54, 1.807) is 0 Å². The van der Waals surface area contributed by atoms with Gasteiger partial charge in [-0.05, 0) is 43.2 Å². The van der Waals surface area contributed by atoms with Crippen LogP contribution in [0.25, 0.3) is 0 Å². The summed E-state index contributed by atoms with van der Waals surface area (Å²) in [6.45, 7) is 0. The summed E-state index contributed by atoms with van der Waals surface area (Å²) in [4.78, 5) is 0. The van der Waals surface area contributed by atoms with Gasteiger partial charge in [-0.1, -0.05) is 18.9 Å². The van der Waals surface area contributed by atoms with E-state index in [2.05, 4.69) is 17.6 Å². The zero-order valence-corrected chi connectivity index (χ0v) is 7.50. The van der Waals surface area contributed by atoms with E-state index < -0.39 is 0 Å². The second-order valence-corrected chi connectivity index (χ2v) is 4.65. The van der Waals surface area contributed by atoms with E-state index in [9.17, 15) is 0 Å². The smallest absolute Gasteiger partial charge is 0.0349 e. The van der Waals surface area contributed by atoms with Crippen LogP contribution in [0.5, 0.6) is 0 Å². The van der Waals surface area contributed by atoms with Crippen molar-refractivity contribution in [2.24, 2.45) is 17.8 Å². The molecule has 2 aliphatic carbocycles. The molecule has 0 bridgehead atoms. The third-order valence-electron chi connectivity index (χ3n) is 4.14. The van der Waals surface area contributed by atoms with E-state index in [0.29, 0.717) is 0 Å². The number of fused-ring (bicyclic) bond motifs is 3. The van der Waals surface area contributed by atoms with E-state index in [1.165, 1.54) is 32.1 Å². The molecular weight excluding hydrogens is 146 g/mol. The van der Waals surface area contributed by atoms with E-state index in [-0.39, 0.29) is 0 Å². The van der Waals surface area contributed by atoms with Crippen molar-refractivity contribution in [1.82, 2.24) is 5.32 Å². The third kappa shape index (κ3) is 0.854. The summed E-state index contributed by atoms with van der Waals surface area (Å²) in [6.07, 6.45) is 12.0. The molecule has 3 aliphatic rings. The Bertz CT molecular complexity index is 209. The molecule has 1 heterocycles. The quantitative estimate of drug-likeness (QED) is 0.578. The average Bonchev–Trinajstić information content (AvgIpc) is 2.71. The van der Waals surface area contributed by atoms with Crippen LogP contribution in [0, 0.1) is 17.8 Å². The van der Waals surface area contributed by atoms with Crippen molar-refractivity contribution in [3.05, 3.63) is 12.3 Å². The molecule has 2 fully saturated rings. The summed E-state index contributed by atoms with van der Waals surface area (Å²) in [6, 6.07) is 0.825. The van der Waals surface area contributed by atoms with Gasteiger partial charge in [0.25, 0.3) is 0 Å². The van der Waals surface area contributed by atoms with Crippen LogP contribution in [0.4, 0.5) is 0 Å². The molecule has 0 aromatic rings. The lowest BCUT2D eigenvalue weighted by molar-refractivity contribution is 0.190. The molecule has 12 heavy (non-hydrogen) atoms. The summed E-state index contributed by atoms with van der Waals surface area (Å²) >= 11 is 0. The van der Waals surface area contributed by atoms with E-state index >= 15 is 0 Å². The van der Waals surface area contributed by atoms with Gasteiger partial charge >= 0.3 is 0 Å². The topological polar surface area (TPSA) is 12.0 Å². The van der Waals surface area contributed by atoms with Crippen LogP contribution in [-0.4, -0.2) is 6.04 Å². The van der Waals surface area contributed by atoms with E-state index in [1.807, 2.05) is 0 Å². The van der Waals surface area contributed by atoms with Crippen molar-refractivity contribution in [1.29, 1.82) is 0 Å². The molecule has 4 unspecified atom stereocenters. The molecule has 0 aromatic carbocycles. The fourth-order valence-corrected chi connectivity index (χ4v) is 3.55. The summed E-state index contributed by atoms with van der Waals surface area (Å²) in [7, 11) is 0. The highest BCUT2D eigenvalue weighted by molar-refractivity contribution is 5.09. The summed E-state index contributed by atoms with van der Waals surface area (Å²) in [5.41, 5.74) is 0. The molecule has 0 radical (unpaired) electrons. The molecule has 2 saturated carbocycles. The van der Waals surface area contributed by atoms with Gasteiger partial charge in [-0.25, -0.2) is 0 Å². The van der Waals surface area contributed by atoms with E-state index in [0.717, 1.165) is 23.8 Å². The monoisotopic (exact) mass is 163 g/mol. The highest BCUT2D eigenvalue weighted by Crippen LogP contribution is 2.45. The first-order valence-corrected chi connectivity index (χ1v) is 5.38. The second kappa shape index (κ2) is 2.51. The van der Waals surface area contributed by atoms with Gasteiger partial charge in [-0.3, -0.25) is 0 Å². The van der Waals surface area contributed by atoms with Crippen molar-refractivity contribution in [2.45, 2.75) is 38.1 Å². The number of nitrogens with one attached hydrogen (secondary N) is 1. The highest BCUT2D eigenvalue weighted by Gasteiger charge is 2.41. The van der Waals surface area contributed by atoms with Gasteiger partial charge in [0.1, 0.15) is 0 Å². The fraction of sp³-hybridized carbons (Fsp3) is 0.818. The first-order chi connectivity index (χ1) is 5.95. The Hall–Kier alpha value is -0.460. The summed E-state index contributed by atoms with van der Waals surface area (Å²) < 4.78 is 0. The molecule has 3 rings (SSSR count). The number of rotatable bonds is 0. The number of hydrogen-bond acceptors (Lipinski definition) is 1. The van der Waals surface area contributed by atoms with Crippen molar-refractivity contribution in [3.8, 4) is 0 Å². The van der Waals surface area contributed by atoms with Gasteiger partial charge in [0.2, 0.25) is 0 Å².